The van der Waals surface area contributed by atoms with Crippen LogP contribution >= 0.6 is 11.6 Å². The number of halogens is 2. The Bertz CT molecular complexity index is 629. The van der Waals surface area contributed by atoms with Gasteiger partial charge in [0.25, 0.3) is 0 Å². The van der Waals surface area contributed by atoms with Gasteiger partial charge < -0.3 is 30.9 Å². The molecule has 26 heavy (non-hydrogen) atoms. The summed E-state index contributed by atoms with van der Waals surface area (Å²) < 4.78 is 25.6. The van der Waals surface area contributed by atoms with Gasteiger partial charge in [-0.15, -0.1) is 11.6 Å². The number of carbonyl (C=O) groups excluding carboxylic acids is 1. The third-order valence-corrected chi connectivity index (χ3v) is 4.83. The van der Waals surface area contributed by atoms with E-state index in [4.69, 9.17) is 32.5 Å². The summed E-state index contributed by atoms with van der Waals surface area (Å²) in [7, 11) is 0. The maximum absolute atomic E-state index is 14.7. The van der Waals surface area contributed by atoms with E-state index in [-0.39, 0.29) is 23.5 Å². The molecular weight excluding hydrogens is 367 g/mol. The van der Waals surface area contributed by atoms with Gasteiger partial charge in [0, 0.05) is 6.20 Å². The van der Waals surface area contributed by atoms with E-state index in [0.29, 0.717) is 0 Å². The van der Waals surface area contributed by atoms with E-state index in [0.717, 1.165) is 0 Å². The van der Waals surface area contributed by atoms with Crippen LogP contribution in [0.25, 0.3) is 0 Å². The average molecular weight is 391 g/mol. The molecule has 1 fully saturated rings. The molecule has 1 unspecified atom stereocenters. The summed E-state index contributed by atoms with van der Waals surface area (Å²) in [5, 5.41) is 10.4. The van der Waals surface area contributed by atoms with Gasteiger partial charge in [0.1, 0.15) is 36.0 Å². The minimum Gasteiger partial charge on any atom is -0.461 e. The molecule has 0 spiro atoms. The van der Waals surface area contributed by atoms with Crippen molar-refractivity contribution < 1.29 is 23.8 Å². The molecule has 0 aromatic rings. The van der Waals surface area contributed by atoms with Crippen molar-refractivity contribution in [2.24, 2.45) is 22.4 Å². The summed E-state index contributed by atoms with van der Waals surface area (Å²) >= 11 is 5.93. The Kier molecular flexibility index (Phi) is 6.28. The van der Waals surface area contributed by atoms with E-state index >= 15 is 0 Å². The Balaban J connectivity index is 2.13. The highest BCUT2D eigenvalue weighted by atomic mass is 35.5. The van der Waals surface area contributed by atoms with Crippen LogP contribution in [0.5, 0.6) is 0 Å². The third-order valence-electron chi connectivity index (χ3n) is 4.38. The van der Waals surface area contributed by atoms with E-state index in [1.54, 1.807) is 13.8 Å². The number of ether oxygens (including phenoxy) is 2. The van der Waals surface area contributed by atoms with Gasteiger partial charge in [-0.1, -0.05) is 20.4 Å². The van der Waals surface area contributed by atoms with Crippen molar-refractivity contribution >= 4 is 23.4 Å². The molecule has 0 amide bonds. The molecule has 2 aliphatic rings. The van der Waals surface area contributed by atoms with Crippen molar-refractivity contribution in [3.8, 4) is 0 Å². The Morgan fingerprint density at radius 2 is 2.31 bits per heavy atom. The summed E-state index contributed by atoms with van der Waals surface area (Å²) in [5.74, 6) is -0.769. The van der Waals surface area contributed by atoms with Crippen LogP contribution in [-0.2, 0) is 14.3 Å². The lowest BCUT2D eigenvalue weighted by Gasteiger charge is -2.32. The standard InChI is InChI=1S/C16H24ClFN4O4/c1-8(2)12(20)15(24)25-7-16(6-17)13(23)11(18)14(26-16)22-5-4-10(19)21-9(22)3/h4-5,8,11-14,23H,3,6-7,20H2,1-2H3,(H2,19,21)/t11-,12?,13+,14-,16-/m1/s1. The normalized spacial score (nSPS) is 32.7. The number of hydrogen-bond acceptors (Lipinski definition) is 8. The van der Waals surface area contributed by atoms with Gasteiger partial charge in [-0.25, -0.2) is 9.38 Å². The van der Waals surface area contributed by atoms with Gasteiger partial charge in [0.15, 0.2) is 12.4 Å². The molecule has 8 nitrogen and oxygen atoms in total. The first-order valence-electron chi connectivity index (χ1n) is 8.10. The van der Waals surface area contributed by atoms with Crippen molar-refractivity contribution in [1.82, 2.24) is 4.90 Å². The summed E-state index contributed by atoms with van der Waals surface area (Å²) in [6.07, 6.45) is -1.83. The second-order valence-corrected chi connectivity index (χ2v) is 6.92. The Morgan fingerprint density at radius 1 is 1.65 bits per heavy atom. The molecule has 2 aliphatic heterocycles. The molecule has 0 saturated carbocycles. The van der Waals surface area contributed by atoms with E-state index in [1.807, 2.05) is 0 Å². The predicted octanol–water partition coefficient (Wildman–Crippen LogP) is 0.204. The van der Waals surface area contributed by atoms with E-state index < -0.39 is 42.7 Å². The first-order valence-corrected chi connectivity index (χ1v) is 8.64. The van der Waals surface area contributed by atoms with Gasteiger partial charge in [0.2, 0.25) is 0 Å². The molecule has 146 valence electrons. The zero-order valence-corrected chi connectivity index (χ0v) is 15.4. The lowest BCUT2D eigenvalue weighted by Crippen LogP contribution is -2.50. The van der Waals surface area contributed by atoms with Gasteiger partial charge in [-0.05, 0) is 12.0 Å². The number of nitrogens with zero attached hydrogens (tertiary/aromatic N) is 2. The summed E-state index contributed by atoms with van der Waals surface area (Å²) in [5.41, 5.74) is 9.66. The van der Waals surface area contributed by atoms with Crippen molar-refractivity contribution in [3.05, 3.63) is 24.7 Å². The monoisotopic (exact) mass is 390 g/mol. The fraction of sp³-hybridized carbons (Fsp3) is 0.625. The number of amidine groups is 1. The van der Waals surface area contributed by atoms with Crippen LogP contribution in [0.2, 0.25) is 0 Å². The number of hydrogen-bond donors (Lipinski definition) is 3. The second-order valence-electron chi connectivity index (χ2n) is 6.65. The molecular formula is C16H24ClFN4O4. The number of rotatable bonds is 6. The molecule has 10 heteroatoms. The Labute approximate surface area is 156 Å². The highest BCUT2D eigenvalue weighted by Crippen LogP contribution is 2.38. The zero-order valence-electron chi connectivity index (χ0n) is 14.6. The van der Waals surface area contributed by atoms with Gasteiger partial charge in [0.05, 0.1) is 5.88 Å². The average Bonchev–Trinajstić information content (AvgIpc) is 2.84. The highest BCUT2D eigenvalue weighted by Gasteiger charge is 2.57. The van der Waals surface area contributed by atoms with Crippen LogP contribution in [0, 0.1) is 5.92 Å². The molecule has 0 radical (unpaired) electrons. The van der Waals surface area contributed by atoms with Crippen molar-refractivity contribution in [3.63, 3.8) is 0 Å². The fourth-order valence-corrected chi connectivity index (χ4v) is 2.88. The molecule has 5 N–H and O–H groups in total. The van der Waals surface area contributed by atoms with E-state index in [2.05, 4.69) is 11.6 Å². The maximum Gasteiger partial charge on any atom is 0.323 e. The molecule has 2 rings (SSSR count). The van der Waals surface area contributed by atoms with Gasteiger partial charge in [-0.2, -0.15) is 0 Å². The Hall–Kier alpha value is -1.68. The third kappa shape index (κ3) is 3.85. The molecule has 2 heterocycles. The number of aliphatic hydroxyl groups excluding tert-OH is 1. The minimum absolute atomic E-state index is 0.143. The quantitative estimate of drug-likeness (QED) is 0.437. The summed E-state index contributed by atoms with van der Waals surface area (Å²) in [6.45, 7) is 6.77. The van der Waals surface area contributed by atoms with Crippen molar-refractivity contribution in [2.45, 2.75) is 44.0 Å². The van der Waals surface area contributed by atoms with Gasteiger partial charge in [-0.3, -0.25) is 4.79 Å². The molecule has 0 aliphatic carbocycles. The predicted molar refractivity (Wildman–Crippen MR) is 94.7 cm³/mol. The maximum atomic E-state index is 14.7. The number of alkyl halides is 2. The lowest BCUT2D eigenvalue weighted by atomic mass is 9.98. The number of aliphatic imine (C=N–C) groups is 1. The summed E-state index contributed by atoms with van der Waals surface area (Å²) in [4.78, 5) is 17.2. The number of carbonyl (C=O) groups is 1. The highest BCUT2D eigenvalue weighted by molar-refractivity contribution is 6.18. The Morgan fingerprint density at radius 3 is 2.85 bits per heavy atom. The van der Waals surface area contributed by atoms with Crippen molar-refractivity contribution in [1.29, 1.82) is 0 Å². The van der Waals surface area contributed by atoms with Crippen LogP contribution in [-0.4, -0.2) is 64.4 Å². The van der Waals surface area contributed by atoms with Crippen molar-refractivity contribution in [2.75, 3.05) is 12.5 Å². The SMILES string of the molecule is C=C1N=C(N)C=CN1[C@@H]1O[C@](CCl)(COC(=O)C(N)C(C)C)[C@@H](O)[C@H]1F. The largest absolute Gasteiger partial charge is 0.461 e. The molecule has 1 saturated heterocycles. The first-order chi connectivity index (χ1) is 12.1. The second kappa shape index (κ2) is 7.91. The molecule has 0 aromatic carbocycles. The lowest BCUT2D eigenvalue weighted by molar-refractivity contribution is -0.165. The zero-order chi connectivity index (χ0) is 19.6. The molecule has 0 aromatic heterocycles. The fourth-order valence-electron chi connectivity index (χ4n) is 2.58. The molecule has 0 bridgehead atoms. The number of nitrogens with two attached hydrogens (primary N) is 2. The molecule has 5 atom stereocenters. The van der Waals surface area contributed by atoms with Crippen LogP contribution in [0.3, 0.4) is 0 Å². The topological polar surface area (TPSA) is 123 Å². The van der Waals surface area contributed by atoms with Crippen LogP contribution in [0.4, 0.5) is 4.39 Å². The smallest absolute Gasteiger partial charge is 0.323 e. The van der Waals surface area contributed by atoms with E-state index in [9.17, 15) is 14.3 Å². The summed E-state index contributed by atoms with van der Waals surface area (Å²) in [6, 6.07) is -0.847. The van der Waals surface area contributed by atoms with Crippen LogP contribution in [0.15, 0.2) is 29.7 Å². The number of esters is 1. The van der Waals surface area contributed by atoms with Crippen LogP contribution in [0.1, 0.15) is 13.8 Å². The van der Waals surface area contributed by atoms with Gasteiger partial charge >= 0.3 is 5.97 Å². The van der Waals surface area contributed by atoms with Crippen LogP contribution < -0.4 is 11.5 Å². The first kappa shape index (κ1) is 20.6. The van der Waals surface area contributed by atoms with E-state index in [1.165, 1.54) is 17.2 Å². The minimum atomic E-state index is -1.85. The number of aliphatic hydroxyl groups is 1.